The number of anilines is 1. The van der Waals surface area contributed by atoms with E-state index >= 15 is 0 Å². The van der Waals surface area contributed by atoms with Crippen molar-refractivity contribution < 1.29 is 4.79 Å². The highest BCUT2D eigenvalue weighted by Crippen LogP contribution is 2.29. The molecule has 35 heavy (non-hydrogen) atoms. The summed E-state index contributed by atoms with van der Waals surface area (Å²) in [5, 5.41) is 8.14. The van der Waals surface area contributed by atoms with Gasteiger partial charge in [0.1, 0.15) is 5.82 Å². The van der Waals surface area contributed by atoms with E-state index < -0.39 is 0 Å². The maximum atomic E-state index is 13.1. The van der Waals surface area contributed by atoms with Crippen LogP contribution in [0.3, 0.4) is 0 Å². The molecule has 0 radical (unpaired) electrons. The Morgan fingerprint density at radius 1 is 1.14 bits per heavy atom. The van der Waals surface area contributed by atoms with Crippen LogP contribution in [-0.2, 0) is 0 Å². The van der Waals surface area contributed by atoms with E-state index in [1.165, 1.54) is 5.56 Å². The molecule has 1 fully saturated rings. The van der Waals surface area contributed by atoms with Gasteiger partial charge in [-0.1, -0.05) is 36.4 Å². The van der Waals surface area contributed by atoms with Gasteiger partial charge in [0.25, 0.3) is 5.91 Å². The largest absolute Gasteiger partial charge is 0.370 e. The summed E-state index contributed by atoms with van der Waals surface area (Å²) in [5.41, 5.74) is 4.83. The average molecular weight is 551 g/mol. The number of aromatic nitrogens is 3. The van der Waals surface area contributed by atoms with Gasteiger partial charge in [0, 0.05) is 36.2 Å². The molecule has 3 heterocycles. The maximum Gasteiger partial charge on any atom is 0.254 e. The Morgan fingerprint density at radius 2 is 1.89 bits per heavy atom. The first-order valence-electron chi connectivity index (χ1n) is 11.8. The van der Waals surface area contributed by atoms with Gasteiger partial charge in [0.2, 0.25) is 0 Å². The van der Waals surface area contributed by atoms with Gasteiger partial charge in [0.05, 0.1) is 21.9 Å². The van der Waals surface area contributed by atoms with Gasteiger partial charge in [-0.15, -0.1) is 11.8 Å². The molecule has 1 aliphatic heterocycles. The quantitative estimate of drug-likeness (QED) is 0.292. The molecular formula is C27H28BrN5OS. The van der Waals surface area contributed by atoms with Crippen LogP contribution in [0.4, 0.5) is 5.82 Å². The summed E-state index contributed by atoms with van der Waals surface area (Å²) in [5.74, 6) is 1.55. The number of hydrogen-bond donors (Lipinski definition) is 1. The van der Waals surface area contributed by atoms with Crippen molar-refractivity contribution in [2.45, 2.75) is 24.7 Å². The van der Waals surface area contributed by atoms with Crippen LogP contribution in [0.15, 0.2) is 70.2 Å². The molecule has 6 nitrogen and oxygen atoms in total. The van der Waals surface area contributed by atoms with Crippen LogP contribution in [0.25, 0.3) is 16.9 Å². The Kier molecular flexibility index (Phi) is 7.11. The monoisotopic (exact) mass is 549 g/mol. The number of rotatable bonds is 6. The molecule has 8 heteroatoms. The minimum absolute atomic E-state index is 0.140. The van der Waals surface area contributed by atoms with Crippen molar-refractivity contribution in [2.75, 3.05) is 31.2 Å². The molecule has 2 aromatic heterocycles. The fourth-order valence-corrected chi connectivity index (χ4v) is 5.58. The number of fused-ring (bicyclic) bond motifs is 1. The zero-order valence-electron chi connectivity index (χ0n) is 19.9. The molecule has 1 N–H and O–H groups in total. The van der Waals surface area contributed by atoms with Gasteiger partial charge < -0.3 is 10.2 Å². The van der Waals surface area contributed by atoms with Crippen LogP contribution < -0.4 is 5.32 Å². The Labute approximate surface area is 218 Å². The number of hydrogen-bond acceptors (Lipinski definition) is 5. The van der Waals surface area contributed by atoms with Crippen molar-refractivity contribution >= 4 is 45.1 Å². The van der Waals surface area contributed by atoms with Crippen molar-refractivity contribution in [3.05, 3.63) is 76.4 Å². The molecule has 1 amide bonds. The summed E-state index contributed by atoms with van der Waals surface area (Å²) >= 11 is 5.21. The maximum absolute atomic E-state index is 13.1. The zero-order valence-corrected chi connectivity index (χ0v) is 22.3. The first-order chi connectivity index (χ1) is 17.0. The summed E-state index contributed by atoms with van der Waals surface area (Å²) in [4.78, 5) is 21.0. The van der Waals surface area contributed by atoms with Crippen molar-refractivity contribution in [1.82, 2.24) is 19.5 Å². The third-order valence-corrected chi connectivity index (χ3v) is 8.02. The van der Waals surface area contributed by atoms with Crippen molar-refractivity contribution in [1.29, 1.82) is 0 Å². The molecule has 5 rings (SSSR count). The van der Waals surface area contributed by atoms with Gasteiger partial charge in [-0.25, -0.2) is 4.98 Å². The molecule has 0 aliphatic carbocycles. The van der Waals surface area contributed by atoms with Crippen LogP contribution in [0, 0.1) is 12.8 Å². The van der Waals surface area contributed by atoms with E-state index in [-0.39, 0.29) is 5.91 Å². The Bertz CT molecular complexity index is 1360. The lowest BCUT2D eigenvalue weighted by molar-refractivity contribution is 0.0691. The lowest BCUT2D eigenvalue weighted by Gasteiger charge is -2.32. The third kappa shape index (κ3) is 4.95. The van der Waals surface area contributed by atoms with Crippen LogP contribution >= 0.6 is 27.7 Å². The first-order valence-corrected chi connectivity index (χ1v) is 13.8. The van der Waals surface area contributed by atoms with Gasteiger partial charge in [0.15, 0.2) is 5.65 Å². The minimum Gasteiger partial charge on any atom is -0.370 e. The van der Waals surface area contributed by atoms with Crippen molar-refractivity contribution in [3.63, 3.8) is 0 Å². The number of amides is 1. The summed E-state index contributed by atoms with van der Waals surface area (Å²) in [6, 6.07) is 18.2. The molecule has 0 spiro atoms. The Morgan fingerprint density at radius 3 is 2.66 bits per heavy atom. The first kappa shape index (κ1) is 23.9. The third-order valence-electron chi connectivity index (χ3n) is 6.66. The van der Waals surface area contributed by atoms with E-state index in [1.807, 2.05) is 52.1 Å². The van der Waals surface area contributed by atoms with Gasteiger partial charge in [-0.2, -0.15) is 9.61 Å². The molecule has 180 valence electrons. The lowest BCUT2D eigenvalue weighted by atomic mass is 9.96. The van der Waals surface area contributed by atoms with E-state index in [0.717, 1.165) is 70.1 Å². The second-order valence-corrected chi connectivity index (χ2v) is 10.6. The molecule has 0 unspecified atom stereocenters. The summed E-state index contributed by atoms with van der Waals surface area (Å²) in [6.45, 7) is 4.49. The predicted octanol–water partition coefficient (Wildman–Crippen LogP) is 6.15. The fourth-order valence-electron chi connectivity index (χ4n) is 4.64. The summed E-state index contributed by atoms with van der Waals surface area (Å²) < 4.78 is 2.72. The standard InChI is InChI=1S/C27H28BrN5OS/c1-18-7-3-4-8-20(18)23-15-25(33-26(31-23)22(28)17-30-33)29-16-19-11-13-32(14-12-19)27(34)21-9-5-6-10-24(21)35-2/h3-10,15,17,19,29H,11-14,16H2,1-2H3. The molecule has 0 bridgehead atoms. The zero-order chi connectivity index (χ0) is 24.4. The number of halogens is 1. The van der Waals surface area contributed by atoms with E-state index in [1.54, 1.807) is 18.0 Å². The molecule has 0 atom stereocenters. The Balaban J connectivity index is 1.28. The summed E-state index contributed by atoms with van der Waals surface area (Å²) in [6.07, 6.45) is 5.75. The predicted molar refractivity (Wildman–Crippen MR) is 146 cm³/mol. The highest BCUT2D eigenvalue weighted by Gasteiger charge is 2.25. The highest BCUT2D eigenvalue weighted by atomic mass is 79.9. The second kappa shape index (κ2) is 10.4. The molecule has 1 saturated heterocycles. The second-order valence-electron chi connectivity index (χ2n) is 8.89. The van der Waals surface area contributed by atoms with E-state index in [9.17, 15) is 4.79 Å². The van der Waals surface area contributed by atoms with Crippen molar-refractivity contribution in [2.24, 2.45) is 5.92 Å². The molecule has 4 aromatic rings. The van der Waals surface area contributed by atoms with Gasteiger partial charge >= 0.3 is 0 Å². The smallest absolute Gasteiger partial charge is 0.254 e. The number of likely N-dealkylation sites (tertiary alicyclic amines) is 1. The van der Waals surface area contributed by atoms with Crippen molar-refractivity contribution in [3.8, 4) is 11.3 Å². The van der Waals surface area contributed by atoms with E-state index in [0.29, 0.717) is 5.92 Å². The average Bonchev–Trinajstić information content (AvgIpc) is 3.28. The minimum atomic E-state index is 0.140. The van der Waals surface area contributed by atoms with E-state index in [4.69, 9.17) is 4.98 Å². The Hall–Kier alpha value is -2.84. The number of aryl methyl sites for hydroxylation is 1. The van der Waals surface area contributed by atoms with Crippen LogP contribution in [-0.4, -0.2) is 51.3 Å². The van der Waals surface area contributed by atoms with Gasteiger partial charge in [-0.05, 0) is 65.6 Å². The van der Waals surface area contributed by atoms with E-state index in [2.05, 4.69) is 51.5 Å². The van der Waals surface area contributed by atoms with Gasteiger partial charge in [-0.3, -0.25) is 4.79 Å². The van der Waals surface area contributed by atoms with Crippen LogP contribution in [0.2, 0.25) is 0 Å². The molecular weight excluding hydrogens is 522 g/mol. The molecule has 2 aromatic carbocycles. The number of benzene rings is 2. The molecule has 0 saturated carbocycles. The van der Waals surface area contributed by atoms with Crippen LogP contribution in [0.5, 0.6) is 0 Å². The number of carbonyl (C=O) groups excluding carboxylic acids is 1. The lowest BCUT2D eigenvalue weighted by Crippen LogP contribution is -2.40. The number of carbonyl (C=O) groups is 1. The SMILES string of the molecule is CSc1ccccc1C(=O)N1CCC(CNc2cc(-c3ccccc3C)nc3c(Br)cnn23)CC1. The molecule has 1 aliphatic rings. The normalized spacial score (nSPS) is 14.4. The number of nitrogens with zero attached hydrogens (tertiary/aromatic N) is 4. The summed E-state index contributed by atoms with van der Waals surface area (Å²) in [7, 11) is 0. The topological polar surface area (TPSA) is 62.5 Å². The number of piperidine rings is 1. The fraction of sp³-hybridized carbons (Fsp3) is 0.296. The van der Waals surface area contributed by atoms with Crippen LogP contribution in [0.1, 0.15) is 28.8 Å². The highest BCUT2D eigenvalue weighted by molar-refractivity contribution is 9.10. The number of nitrogens with one attached hydrogen (secondary N) is 1. The number of thioether (sulfide) groups is 1.